The summed E-state index contributed by atoms with van der Waals surface area (Å²) in [6, 6.07) is 7.55. The number of rotatable bonds is 3. The van der Waals surface area contributed by atoms with Crippen molar-refractivity contribution in [3.8, 4) is 0 Å². The van der Waals surface area contributed by atoms with Gasteiger partial charge in [0.15, 0.2) is 0 Å². The van der Waals surface area contributed by atoms with Crippen LogP contribution in [0.5, 0.6) is 0 Å². The van der Waals surface area contributed by atoms with E-state index in [2.05, 4.69) is 27.9 Å². The van der Waals surface area contributed by atoms with E-state index in [0.717, 1.165) is 9.26 Å². The van der Waals surface area contributed by atoms with Gasteiger partial charge in [0.25, 0.3) is 0 Å². The Kier molecular flexibility index (Phi) is 4.21. The van der Waals surface area contributed by atoms with Crippen molar-refractivity contribution in [1.82, 2.24) is 0 Å². The number of hydrogen-bond donors (Lipinski definition) is 2. The molecular formula is C13H14INO3. The third-order valence-electron chi connectivity index (χ3n) is 3.28. The molecule has 5 heteroatoms. The Morgan fingerprint density at radius 1 is 1.22 bits per heavy atom. The van der Waals surface area contributed by atoms with E-state index in [1.165, 1.54) is 0 Å². The van der Waals surface area contributed by atoms with E-state index >= 15 is 0 Å². The van der Waals surface area contributed by atoms with Crippen LogP contribution in [0, 0.1) is 15.4 Å². The van der Waals surface area contributed by atoms with Gasteiger partial charge in [-0.05, 0) is 54.0 Å². The number of carbonyl (C=O) groups excluding carboxylic acids is 1. The molecule has 0 bridgehead atoms. The molecule has 1 aromatic carbocycles. The van der Waals surface area contributed by atoms with Crippen LogP contribution in [0.25, 0.3) is 0 Å². The van der Waals surface area contributed by atoms with E-state index in [4.69, 9.17) is 5.11 Å². The highest BCUT2D eigenvalue weighted by Gasteiger charge is 2.33. The Morgan fingerprint density at radius 2 is 1.89 bits per heavy atom. The number of halogens is 1. The van der Waals surface area contributed by atoms with Crippen molar-refractivity contribution in [2.75, 3.05) is 5.32 Å². The molecule has 0 radical (unpaired) electrons. The van der Waals surface area contributed by atoms with Gasteiger partial charge in [-0.2, -0.15) is 0 Å². The number of amides is 1. The summed E-state index contributed by atoms with van der Waals surface area (Å²) in [5.41, 5.74) is 0.793. The highest BCUT2D eigenvalue weighted by Crippen LogP contribution is 2.32. The SMILES string of the molecule is O=C(O)C1CCC(C(=O)Nc2ccccc2I)C1. The molecule has 0 aromatic heterocycles. The second-order valence-electron chi connectivity index (χ2n) is 4.51. The second-order valence-corrected chi connectivity index (χ2v) is 5.68. The quantitative estimate of drug-likeness (QED) is 0.816. The highest BCUT2D eigenvalue weighted by molar-refractivity contribution is 14.1. The summed E-state index contributed by atoms with van der Waals surface area (Å²) in [5, 5.41) is 11.8. The van der Waals surface area contributed by atoms with Gasteiger partial charge >= 0.3 is 5.97 Å². The summed E-state index contributed by atoms with van der Waals surface area (Å²) in [5.74, 6) is -1.40. The number of nitrogens with one attached hydrogen (secondary N) is 1. The first-order valence-corrected chi connectivity index (χ1v) is 6.94. The molecule has 1 aliphatic carbocycles. The zero-order valence-electron chi connectivity index (χ0n) is 9.73. The molecule has 96 valence electrons. The molecule has 1 aliphatic rings. The smallest absolute Gasteiger partial charge is 0.306 e. The Hall–Kier alpha value is -1.11. The third-order valence-corrected chi connectivity index (χ3v) is 4.23. The molecule has 1 amide bonds. The van der Waals surface area contributed by atoms with Crippen LogP contribution in [-0.4, -0.2) is 17.0 Å². The molecule has 0 aliphatic heterocycles. The number of anilines is 1. The summed E-state index contributed by atoms with van der Waals surface area (Å²) in [6.07, 6.45) is 1.70. The van der Waals surface area contributed by atoms with Crippen molar-refractivity contribution in [2.24, 2.45) is 11.8 Å². The Labute approximate surface area is 119 Å². The number of para-hydroxylation sites is 1. The average Bonchev–Trinajstić information content (AvgIpc) is 2.81. The van der Waals surface area contributed by atoms with E-state index in [9.17, 15) is 9.59 Å². The van der Waals surface area contributed by atoms with Crippen LogP contribution < -0.4 is 5.32 Å². The second kappa shape index (κ2) is 5.69. The van der Waals surface area contributed by atoms with Crippen LogP contribution in [0.1, 0.15) is 19.3 Å². The zero-order valence-corrected chi connectivity index (χ0v) is 11.9. The maximum Gasteiger partial charge on any atom is 0.306 e. The van der Waals surface area contributed by atoms with E-state index < -0.39 is 5.97 Å². The molecule has 2 N–H and O–H groups in total. The normalized spacial score (nSPS) is 22.7. The highest BCUT2D eigenvalue weighted by atomic mass is 127. The Balaban J connectivity index is 1.98. The van der Waals surface area contributed by atoms with Gasteiger partial charge in [-0.1, -0.05) is 12.1 Å². The number of carboxylic acids is 1. The van der Waals surface area contributed by atoms with Gasteiger partial charge in [0, 0.05) is 9.49 Å². The Bertz CT molecular complexity index is 475. The molecule has 2 unspecified atom stereocenters. The number of aliphatic carboxylic acids is 1. The van der Waals surface area contributed by atoms with E-state index in [-0.39, 0.29) is 17.7 Å². The maximum atomic E-state index is 12.0. The Morgan fingerprint density at radius 3 is 2.50 bits per heavy atom. The summed E-state index contributed by atoms with van der Waals surface area (Å²) in [4.78, 5) is 22.9. The van der Waals surface area contributed by atoms with Crippen LogP contribution in [-0.2, 0) is 9.59 Å². The maximum absolute atomic E-state index is 12.0. The lowest BCUT2D eigenvalue weighted by Gasteiger charge is -2.11. The van der Waals surface area contributed by atoms with Crippen LogP contribution >= 0.6 is 22.6 Å². The van der Waals surface area contributed by atoms with Crippen LogP contribution in [0.15, 0.2) is 24.3 Å². The lowest BCUT2D eigenvalue weighted by molar-refractivity contribution is -0.141. The van der Waals surface area contributed by atoms with Crippen LogP contribution in [0.4, 0.5) is 5.69 Å². The van der Waals surface area contributed by atoms with Crippen molar-refractivity contribution in [3.63, 3.8) is 0 Å². The number of benzene rings is 1. The minimum atomic E-state index is -0.792. The molecule has 0 heterocycles. The number of hydrogen-bond acceptors (Lipinski definition) is 2. The molecular weight excluding hydrogens is 345 g/mol. The fourth-order valence-electron chi connectivity index (χ4n) is 2.24. The first kappa shape index (κ1) is 13.3. The molecule has 2 atom stereocenters. The zero-order chi connectivity index (χ0) is 13.1. The third kappa shape index (κ3) is 3.01. The van der Waals surface area contributed by atoms with E-state index in [1.54, 1.807) is 0 Å². The first-order valence-electron chi connectivity index (χ1n) is 5.86. The van der Waals surface area contributed by atoms with Crippen molar-refractivity contribution in [3.05, 3.63) is 27.8 Å². The van der Waals surface area contributed by atoms with Gasteiger partial charge in [-0.25, -0.2) is 0 Å². The van der Waals surface area contributed by atoms with Crippen molar-refractivity contribution >= 4 is 40.2 Å². The minimum absolute atomic E-state index is 0.0668. The average molecular weight is 359 g/mol. The summed E-state index contributed by atoms with van der Waals surface area (Å²) < 4.78 is 0.983. The van der Waals surface area contributed by atoms with Gasteiger partial charge in [-0.15, -0.1) is 0 Å². The molecule has 1 aromatic rings. The molecule has 18 heavy (non-hydrogen) atoms. The lowest BCUT2D eigenvalue weighted by atomic mass is 10.0. The molecule has 2 rings (SSSR count). The molecule has 1 saturated carbocycles. The summed E-state index contributed by atoms with van der Waals surface area (Å²) >= 11 is 2.16. The summed E-state index contributed by atoms with van der Waals surface area (Å²) in [7, 11) is 0. The summed E-state index contributed by atoms with van der Waals surface area (Å²) in [6.45, 7) is 0. The first-order chi connectivity index (χ1) is 8.58. The van der Waals surface area contributed by atoms with Gasteiger partial charge < -0.3 is 10.4 Å². The number of carbonyl (C=O) groups is 2. The fourth-order valence-corrected chi connectivity index (χ4v) is 2.76. The number of carboxylic acid groups (broad SMARTS) is 1. The topological polar surface area (TPSA) is 66.4 Å². The van der Waals surface area contributed by atoms with Gasteiger partial charge in [0.1, 0.15) is 0 Å². The van der Waals surface area contributed by atoms with Crippen LogP contribution in [0.2, 0.25) is 0 Å². The molecule has 0 saturated heterocycles. The standard InChI is InChI=1S/C13H14INO3/c14-10-3-1-2-4-11(10)15-12(16)8-5-6-9(7-8)13(17)18/h1-4,8-9H,5-7H2,(H,15,16)(H,17,18). The minimum Gasteiger partial charge on any atom is -0.481 e. The van der Waals surface area contributed by atoms with Gasteiger partial charge in [0.05, 0.1) is 11.6 Å². The largest absolute Gasteiger partial charge is 0.481 e. The molecule has 1 fully saturated rings. The predicted octanol–water partition coefficient (Wildman–Crippen LogP) is 2.73. The van der Waals surface area contributed by atoms with Crippen LogP contribution in [0.3, 0.4) is 0 Å². The predicted molar refractivity (Wildman–Crippen MR) is 76.3 cm³/mol. The molecule has 0 spiro atoms. The molecule has 4 nitrogen and oxygen atoms in total. The van der Waals surface area contributed by atoms with Crippen molar-refractivity contribution in [2.45, 2.75) is 19.3 Å². The monoisotopic (exact) mass is 359 g/mol. The van der Waals surface area contributed by atoms with Crippen molar-refractivity contribution < 1.29 is 14.7 Å². The van der Waals surface area contributed by atoms with E-state index in [0.29, 0.717) is 19.3 Å². The van der Waals surface area contributed by atoms with Gasteiger partial charge in [-0.3, -0.25) is 9.59 Å². The van der Waals surface area contributed by atoms with E-state index in [1.807, 2.05) is 24.3 Å². The van der Waals surface area contributed by atoms with Gasteiger partial charge in [0.2, 0.25) is 5.91 Å². The lowest BCUT2D eigenvalue weighted by Crippen LogP contribution is -2.22. The van der Waals surface area contributed by atoms with Crippen molar-refractivity contribution in [1.29, 1.82) is 0 Å². The fraction of sp³-hybridized carbons (Fsp3) is 0.385.